The lowest BCUT2D eigenvalue weighted by atomic mass is 10.7. The molecule has 51 valence electrons. The second-order valence-electron chi connectivity index (χ2n) is 2.24. The molecular weight excluding hydrogens is 114 g/mol. The fourth-order valence-corrected chi connectivity index (χ4v) is 0.805. The van der Waals surface area contributed by atoms with Gasteiger partial charge in [0.15, 0.2) is 0 Å². The lowest BCUT2D eigenvalue weighted by molar-refractivity contribution is 0.141. The van der Waals surface area contributed by atoms with Crippen LogP contribution in [0.4, 0.5) is 0 Å². The first kappa shape index (κ1) is 6.42. The molecule has 0 atom stereocenters. The fraction of sp³-hybridized carbons (Fsp3) is 0.500. The molecule has 0 saturated carbocycles. The summed E-state index contributed by atoms with van der Waals surface area (Å²) in [4.78, 5) is 1.97. The van der Waals surface area contributed by atoms with Crippen molar-refractivity contribution < 1.29 is 0 Å². The van der Waals surface area contributed by atoms with Gasteiger partial charge in [-0.3, -0.25) is 5.01 Å². The van der Waals surface area contributed by atoms with Crippen LogP contribution in [0.15, 0.2) is 12.4 Å². The van der Waals surface area contributed by atoms with Crippen LogP contribution < -0.4 is 0 Å². The molecule has 0 aromatic carbocycles. The minimum absolute atomic E-state index is 0.998. The van der Waals surface area contributed by atoms with Gasteiger partial charge in [0.25, 0.3) is 0 Å². The Kier molecular flexibility index (Phi) is 1.37. The molecule has 0 aliphatic carbocycles. The Hall–Kier alpha value is -0.700. The highest BCUT2D eigenvalue weighted by molar-refractivity contribution is 4.98. The van der Waals surface area contributed by atoms with Gasteiger partial charge in [0.05, 0.1) is 0 Å². The molecule has 9 heavy (non-hydrogen) atoms. The van der Waals surface area contributed by atoms with Gasteiger partial charge in [-0.2, -0.15) is 5.01 Å². The van der Waals surface area contributed by atoms with Crippen molar-refractivity contribution in [2.75, 3.05) is 21.1 Å². The minimum atomic E-state index is 0.998. The molecule has 1 fully saturated rings. The van der Waals surface area contributed by atoms with Crippen LogP contribution in [0.2, 0.25) is 0 Å². The van der Waals surface area contributed by atoms with Gasteiger partial charge < -0.3 is 4.90 Å². The van der Waals surface area contributed by atoms with Gasteiger partial charge in [-0.1, -0.05) is 6.58 Å². The van der Waals surface area contributed by atoms with Gasteiger partial charge in [-0.15, -0.1) is 0 Å². The first-order valence-electron chi connectivity index (χ1n) is 2.86. The third kappa shape index (κ3) is 0.876. The quantitative estimate of drug-likeness (QED) is 0.462. The zero-order chi connectivity index (χ0) is 7.02. The molecule has 0 bridgehead atoms. The van der Waals surface area contributed by atoms with Gasteiger partial charge in [0, 0.05) is 21.1 Å². The highest BCUT2D eigenvalue weighted by atomic mass is 15.7. The molecule has 3 nitrogen and oxygen atoms in total. The zero-order valence-corrected chi connectivity index (χ0v) is 6.13. The monoisotopic (exact) mass is 126 g/mol. The average molecular weight is 126 g/mol. The SMILES string of the molecule is C=C1N(C)[CH]N(C)N1C. The molecule has 1 aliphatic rings. The van der Waals surface area contributed by atoms with Gasteiger partial charge in [0.1, 0.15) is 12.5 Å². The van der Waals surface area contributed by atoms with Crippen molar-refractivity contribution in [3.63, 3.8) is 0 Å². The topological polar surface area (TPSA) is 9.72 Å². The summed E-state index contributed by atoms with van der Waals surface area (Å²) < 4.78 is 0. The normalized spacial score (nSPS) is 21.9. The van der Waals surface area contributed by atoms with E-state index in [1.807, 2.05) is 42.7 Å². The Labute approximate surface area is 56.1 Å². The van der Waals surface area contributed by atoms with Crippen LogP contribution in [0.25, 0.3) is 0 Å². The summed E-state index contributed by atoms with van der Waals surface area (Å²) in [6.07, 6.45) is 0. The van der Waals surface area contributed by atoms with E-state index in [4.69, 9.17) is 0 Å². The van der Waals surface area contributed by atoms with E-state index in [1.54, 1.807) is 0 Å². The number of nitrogens with zero attached hydrogens (tertiary/aromatic N) is 3. The summed E-state index contributed by atoms with van der Waals surface area (Å²) in [5.41, 5.74) is 0. The number of hydrazine groups is 1. The van der Waals surface area contributed by atoms with Crippen LogP contribution in [0.5, 0.6) is 0 Å². The van der Waals surface area contributed by atoms with Gasteiger partial charge in [0.2, 0.25) is 0 Å². The van der Waals surface area contributed by atoms with E-state index in [1.165, 1.54) is 0 Å². The van der Waals surface area contributed by atoms with Crippen molar-refractivity contribution in [2.24, 2.45) is 0 Å². The molecule has 1 aliphatic heterocycles. The second kappa shape index (κ2) is 1.92. The molecule has 3 heteroatoms. The number of rotatable bonds is 0. The predicted octanol–water partition coefficient (Wildman–Crippen LogP) is 0.301. The highest BCUT2D eigenvalue weighted by Gasteiger charge is 2.21. The van der Waals surface area contributed by atoms with Crippen LogP contribution in [-0.4, -0.2) is 36.1 Å². The molecule has 1 heterocycles. The van der Waals surface area contributed by atoms with Gasteiger partial charge in [-0.05, 0) is 0 Å². The Morgan fingerprint density at radius 3 is 2.00 bits per heavy atom. The smallest absolute Gasteiger partial charge is 0.136 e. The molecule has 1 rings (SSSR count). The van der Waals surface area contributed by atoms with E-state index >= 15 is 0 Å². The molecule has 0 aromatic rings. The zero-order valence-electron chi connectivity index (χ0n) is 6.13. The van der Waals surface area contributed by atoms with Crippen molar-refractivity contribution in [3.8, 4) is 0 Å². The molecule has 0 spiro atoms. The molecule has 0 N–H and O–H groups in total. The lowest BCUT2D eigenvalue weighted by Gasteiger charge is -2.18. The first-order chi connectivity index (χ1) is 4.13. The summed E-state index contributed by atoms with van der Waals surface area (Å²) in [6.45, 7) is 5.82. The Bertz CT molecular complexity index is 132. The maximum Gasteiger partial charge on any atom is 0.136 e. The maximum absolute atomic E-state index is 3.85. The molecule has 0 amide bonds. The third-order valence-electron chi connectivity index (χ3n) is 1.59. The van der Waals surface area contributed by atoms with Crippen LogP contribution in [0.1, 0.15) is 0 Å². The number of hydrogen-bond donors (Lipinski definition) is 0. The van der Waals surface area contributed by atoms with Gasteiger partial charge >= 0.3 is 0 Å². The van der Waals surface area contributed by atoms with E-state index in [9.17, 15) is 0 Å². The van der Waals surface area contributed by atoms with Crippen LogP contribution in [-0.2, 0) is 0 Å². The predicted molar refractivity (Wildman–Crippen MR) is 36.7 cm³/mol. The minimum Gasteiger partial charge on any atom is -0.340 e. The average Bonchev–Trinajstić information content (AvgIpc) is 1.98. The molecule has 1 saturated heterocycles. The van der Waals surface area contributed by atoms with E-state index in [0.29, 0.717) is 0 Å². The van der Waals surface area contributed by atoms with Crippen LogP contribution in [0.3, 0.4) is 0 Å². The van der Waals surface area contributed by atoms with Crippen molar-refractivity contribution in [3.05, 3.63) is 19.1 Å². The molecular formula is C6H12N3. The standard InChI is InChI=1S/C6H12N3/c1-6-7(2)5-8(3)9(6)4/h5H,1H2,2-4H3. The summed E-state index contributed by atoms with van der Waals surface area (Å²) in [5, 5.41) is 3.95. The van der Waals surface area contributed by atoms with E-state index in [0.717, 1.165) is 5.82 Å². The number of hydrogen-bond acceptors (Lipinski definition) is 3. The Morgan fingerprint density at radius 2 is 1.89 bits per heavy atom. The highest BCUT2D eigenvalue weighted by Crippen LogP contribution is 2.17. The van der Waals surface area contributed by atoms with Crippen LogP contribution >= 0.6 is 0 Å². The maximum atomic E-state index is 3.85. The lowest BCUT2D eigenvalue weighted by Crippen LogP contribution is -2.25. The van der Waals surface area contributed by atoms with Crippen molar-refractivity contribution in [2.45, 2.75) is 0 Å². The summed E-state index contributed by atoms with van der Waals surface area (Å²) in [6, 6.07) is 0. The fourth-order valence-electron chi connectivity index (χ4n) is 0.805. The summed E-state index contributed by atoms with van der Waals surface area (Å²) in [7, 11) is 5.93. The van der Waals surface area contributed by atoms with E-state index in [2.05, 4.69) is 6.58 Å². The second-order valence-corrected chi connectivity index (χ2v) is 2.24. The Morgan fingerprint density at radius 1 is 1.33 bits per heavy atom. The molecule has 1 radical (unpaired) electrons. The third-order valence-corrected chi connectivity index (χ3v) is 1.59. The summed E-state index contributed by atoms with van der Waals surface area (Å²) >= 11 is 0. The first-order valence-corrected chi connectivity index (χ1v) is 2.86. The van der Waals surface area contributed by atoms with Crippen molar-refractivity contribution >= 4 is 0 Å². The summed E-state index contributed by atoms with van der Waals surface area (Å²) in [5.74, 6) is 0.998. The van der Waals surface area contributed by atoms with Crippen LogP contribution in [0, 0.1) is 6.67 Å². The van der Waals surface area contributed by atoms with Crippen molar-refractivity contribution in [1.82, 2.24) is 14.9 Å². The van der Waals surface area contributed by atoms with E-state index in [-0.39, 0.29) is 0 Å². The largest absolute Gasteiger partial charge is 0.340 e. The molecule has 0 unspecified atom stereocenters. The van der Waals surface area contributed by atoms with Gasteiger partial charge in [-0.25, -0.2) is 0 Å². The van der Waals surface area contributed by atoms with Crippen molar-refractivity contribution in [1.29, 1.82) is 0 Å². The molecule has 0 aromatic heterocycles. The Balaban J connectivity index is 2.65. The van der Waals surface area contributed by atoms with E-state index < -0.39 is 0 Å².